The average Bonchev–Trinajstić information content (AvgIpc) is 2.32. The third-order valence-corrected chi connectivity index (χ3v) is 2.78. The Morgan fingerprint density at radius 2 is 1.79 bits per heavy atom. The minimum Gasteiger partial charge on any atom is -0.394 e. The van der Waals surface area contributed by atoms with Gasteiger partial charge in [0.2, 0.25) is 11.8 Å². The molecule has 5 N–H and O–H groups in total. The van der Waals surface area contributed by atoms with Crippen LogP contribution >= 0.6 is 0 Å². The maximum atomic E-state index is 11.4. The number of aliphatic hydroxyl groups is 4. The van der Waals surface area contributed by atoms with Crippen LogP contribution in [0.3, 0.4) is 0 Å². The first-order valence-electron chi connectivity index (χ1n) is 5.67. The number of amides is 2. The Balaban J connectivity index is 2.95. The number of ether oxygens (including phenoxy) is 1. The van der Waals surface area contributed by atoms with Gasteiger partial charge in [-0.05, 0) is 0 Å². The van der Waals surface area contributed by atoms with Gasteiger partial charge in [-0.2, -0.15) is 0 Å². The van der Waals surface area contributed by atoms with Crippen LogP contribution in [0.1, 0.15) is 13.8 Å². The first kappa shape index (κ1) is 15.8. The molecule has 0 spiro atoms. The maximum Gasteiger partial charge on any atom is 0.238 e. The fourth-order valence-electron chi connectivity index (χ4n) is 1.89. The van der Waals surface area contributed by atoms with Gasteiger partial charge in [0, 0.05) is 13.8 Å². The van der Waals surface area contributed by atoms with Crippen LogP contribution in [-0.2, 0) is 14.3 Å². The number of carbonyl (C=O) groups is 2. The molecule has 0 saturated carbocycles. The van der Waals surface area contributed by atoms with Crippen LogP contribution in [0.25, 0.3) is 0 Å². The van der Waals surface area contributed by atoms with Gasteiger partial charge in [0.1, 0.15) is 24.4 Å². The molecule has 1 aliphatic heterocycles. The molecule has 1 saturated heterocycles. The van der Waals surface area contributed by atoms with Crippen molar-refractivity contribution in [3.05, 3.63) is 0 Å². The molecule has 2 amide bonds. The zero-order valence-electron chi connectivity index (χ0n) is 10.6. The van der Waals surface area contributed by atoms with Gasteiger partial charge in [-0.15, -0.1) is 0 Å². The van der Waals surface area contributed by atoms with E-state index in [-0.39, 0.29) is 0 Å². The van der Waals surface area contributed by atoms with E-state index in [9.17, 15) is 24.9 Å². The molecule has 0 aromatic heterocycles. The lowest BCUT2D eigenvalue weighted by molar-refractivity contribution is -0.273. The number of hydrazine groups is 1. The normalized spacial score (nSPS) is 34.7. The zero-order chi connectivity index (χ0) is 14.7. The molecular weight excluding hydrogens is 260 g/mol. The van der Waals surface area contributed by atoms with Crippen molar-refractivity contribution in [3.8, 4) is 0 Å². The van der Waals surface area contributed by atoms with Crippen molar-refractivity contribution in [2.75, 3.05) is 6.61 Å². The quantitative estimate of drug-likeness (QED) is 0.333. The highest BCUT2D eigenvalue weighted by atomic mass is 16.6. The molecule has 9 heteroatoms. The van der Waals surface area contributed by atoms with Gasteiger partial charge < -0.3 is 25.2 Å². The Kier molecular flexibility index (Phi) is 5.20. The molecule has 0 aromatic carbocycles. The van der Waals surface area contributed by atoms with Crippen LogP contribution in [0, 0.1) is 0 Å². The fraction of sp³-hybridized carbons (Fsp3) is 0.800. The van der Waals surface area contributed by atoms with Gasteiger partial charge in [0.15, 0.2) is 6.29 Å². The number of nitrogens with zero attached hydrogens (tertiary/aromatic N) is 1. The second-order valence-corrected chi connectivity index (χ2v) is 4.28. The fourth-order valence-corrected chi connectivity index (χ4v) is 1.89. The number of carbonyl (C=O) groups excluding carboxylic acids is 2. The van der Waals surface area contributed by atoms with E-state index in [1.165, 1.54) is 0 Å². The third-order valence-electron chi connectivity index (χ3n) is 2.78. The summed E-state index contributed by atoms with van der Waals surface area (Å²) in [5, 5.41) is 38.9. The van der Waals surface area contributed by atoms with Crippen LogP contribution in [0.15, 0.2) is 0 Å². The second-order valence-electron chi connectivity index (χ2n) is 4.28. The first-order chi connectivity index (χ1) is 8.79. The first-order valence-corrected chi connectivity index (χ1v) is 5.67. The van der Waals surface area contributed by atoms with Gasteiger partial charge in [0.05, 0.1) is 6.61 Å². The molecule has 19 heavy (non-hydrogen) atoms. The molecular formula is C10H18N2O7. The summed E-state index contributed by atoms with van der Waals surface area (Å²) in [6.07, 6.45) is -5.93. The number of aliphatic hydroxyl groups excluding tert-OH is 4. The van der Waals surface area contributed by atoms with Crippen molar-refractivity contribution in [3.63, 3.8) is 0 Å². The molecule has 0 radical (unpaired) electrons. The van der Waals surface area contributed by atoms with Gasteiger partial charge in [-0.3, -0.25) is 15.0 Å². The average molecular weight is 278 g/mol. The highest BCUT2D eigenvalue weighted by molar-refractivity contribution is 5.79. The van der Waals surface area contributed by atoms with E-state index in [4.69, 9.17) is 9.84 Å². The Hall–Kier alpha value is -1.26. The van der Waals surface area contributed by atoms with Crippen molar-refractivity contribution in [2.45, 2.75) is 44.5 Å². The van der Waals surface area contributed by atoms with Crippen LogP contribution in [0.4, 0.5) is 0 Å². The van der Waals surface area contributed by atoms with E-state index in [2.05, 4.69) is 5.43 Å². The summed E-state index contributed by atoms with van der Waals surface area (Å²) in [5.74, 6) is -1.25. The molecule has 1 fully saturated rings. The number of hydrogen-bond donors (Lipinski definition) is 5. The second kappa shape index (κ2) is 6.26. The Labute approximate surface area is 109 Å². The SMILES string of the molecule is CC(=O)NN(C(C)=O)[C@H]1C(O)O[C@H](CO)[C@@H](O)[C@@H]1O. The van der Waals surface area contributed by atoms with Gasteiger partial charge in [0.25, 0.3) is 0 Å². The minimum atomic E-state index is -1.66. The topological polar surface area (TPSA) is 140 Å². The van der Waals surface area contributed by atoms with Crippen LogP contribution in [-0.4, -0.2) is 74.5 Å². The van der Waals surface area contributed by atoms with Crippen LogP contribution in [0.2, 0.25) is 0 Å². The van der Waals surface area contributed by atoms with Crippen molar-refractivity contribution in [1.82, 2.24) is 10.4 Å². The predicted molar refractivity (Wildman–Crippen MR) is 60.1 cm³/mol. The summed E-state index contributed by atoms with van der Waals surface area (Å²) in [6, 6.07) is -1.38. The Morgan fingerprint density at radius 1 is 1.21 bits per heavy atom. The van der Waals surface area contributed by atoms with Crippen LogP contribution < -0.4 is 5.43 Å². The van der Waals surface area contributed by atoms with E-state index in [1.807, 2.05) is 0 Å². The summed E-state index contributed by atoms with van der Waals surface area (Å²) in [5.41, 5.74) is 2.13. The van der Waals surface area contributed by atoms with Crippen molar-refractivity contribution >= 4 is 11.8 Å². The van der Waals surface area contributed by atoms with E-state index in [1.54, 1.807) is 0 Å². The molecule has 9 nitrogen and oxygen atoms in total. The van der Waals surface area contributed by atoms with Gasteiger partial charge >= 0.3 is 0 Å². The van der Waals surface area contributed by atoms with E-state index < -0.39 is 49.1 Å². The summed E-state index contributed by atoms with van der Waals surface area (Å²) in [6.45, 7) is 1.65. The molecule has 0 aliphatic carbocycles. The highest BCUT2D eigenvalue weighted by Crippen LogP contribution is 2.23. The summed E-state index contributed by atoms with van der Waals surface area (Å²) >= 11 is 0. The molecule has 1 heterocycles. The van der Waals surface area contributed by atoms with E-state index in [0.29, 0.717) is 5.01 Å². The molecule has 5 atom stereocenters. The predicted octanol–water partition coefficient (Wildman–Crippen LogP) is -3.31. The van der Waals surface area contributed by atoms with Gasteiger partial charge in [-0.1, -0.05) is 0 Å². The van der Waals surface area contributed by atoms with E-state index >= 15 is 0 Å². The largest absolute Gasteiger partial charge is 0.394 e. The Bertz CT molecular complexity index is 351. The maximum absolute atomic E-state index is 11.4. The highest BCUT2D eigenvalue weighted by Gasteiger charge is 2.47. The van der Waals surface area contributed by atoms with Crippen molar-refractivity contribution in [1.29, 1.82) is 0 Å². The molecule has 1 aliphatic rings. The van der Waals surface area contributed by atoms with Gasteiger partial charge in [-0.25, -0.2) is 5.01 Å². The monoisotopic (exact) mass is 278 g/mol. The Morgan fingerprint density at radius 3 is 2.21 bits per heavy atom. The van der Waals surface area contributed by atoms with Crippen molar-refractivity contribution in [2.24, 2.45) is 0 Å². The summed E-state index contributed by atoms with van der Waals surface area (Å²) in [4.78, 5) is 22.4. The lowest BCUT2D eigenvalue weighted by atomic mass is 9.96. The van der Waals surface area contributed by atoms with Crippen molar-refractivity contribution < 1.29 is 34.8 Å². The molecule has 0 aromatic rings. The lowest BCUT2D eigenvalue weighted by Crippen LogP contribution is -2.67. The number of nitrogens with one attached hydrogen (secondary N) is 1. The molecule has 1 rings (SSSR count). The van der Waals surface area contributed by atoms with E-state index in [0.717, 1.165) is 13.8 Å². The number of rotatable bonds is 2. The third kappa shape index (κ3) is 3.39. The molecule has 0 bridgehead atoms. The standard InChI is InChI=1S/C10H18N2O7/c1-4(14)11-12(5(2)15)7-9(17)8(16)6(3-13)19-10(7)18/h6-10,13,16-18H,3H2,1-2H3,(H,11,14)/t6-,7-,8-,9-,10?/m1/s1. The summed E-state index contributed by atoms with van der Waals surface area (Å²) < 4.78 is 4.89. The molecule has 1 unspecified atom stereocenters. The lowest BCUT2D eigenvalue weighted by Gasteiger charge is -2.44. The smallest absolute Gasteiger partial charge is 0.238 e. The zero-order valence-corrected chi connectivity index (χ0v) is 10.6. The summed E-state index contributed by atoms with van der Waals surface area (Å²) in [7, 11) is 0. The minimum absolute atomic E-state index is 0.589. The molecule has 110 valence electrons. The van der Waals surface area contributed by atoms with Crippen LogP contribution in [0.5, 0.6) is 0 Å². The number of hydrogen-bond acceptors (Lipinski definition) is 7.